The van der Waals surface area contributed by atoms with Gasteiger partial charge in [-0.1, -0.05) is 29.8 Å². The molecule has 0 spiro atoms. The molecule has 0 fully saturated rings. The monoisotopic (exact) mass is 613 g/mol. The average molecular weight is 614 g/mol. The number of alkyl halides is 6. The lowest BCUT2D eigenvalue weighted by Gasteiger charge is -2.22. The topological polar surface area (TPSA) is 115 Å². The SMILES string of the molecule is CS(=O)(=O)NC(CNC(=O)Cn1nc(-c2ccc(Cl)cc2)n(CCC(F)(F)F)c1=O)c1ccccc1C(F)(F)F. The minimum Gasteiger partial charge on any atom is -0.353 e. The highest BCUT2D eigenvalue weighted by molar-refractivity contribution is 7.88. The lowest BCUT2D eigenvalue weighted by atomic mass is 10.0. The number of sulfonamides is 1. The second-order valence-electron chi connectivity index (χ2n) is 8.62. The molecule has 1 amide bonds. The van der Waals surface area contributed by atoms with Crippen molar-refractivity contribution in [3.05, 3.63) is 75.2 Å². The van der Waals surface area contributed by atoms with E-state index in [4.69, 9.17) is 11.6 Å². The maximum Gasteiger partial charge on any atom is 0.416 e. The lowest BCUT2D eigenvalue weighted by molar-refractivity contribution is -0.138. The summed E-state index contributed by atoms with van der Waals surface area (Å²) < 4.78 is 106. The van der Waals surface area contributed by atoms with Crippen LogP contribution in [0.5, 0.6) is 0 Å². The molecule has 0 aliphatic rings. The van der Waals surface area contributed by atoms with Crippen molar-refractivity contribution in [2.24, 2.45) is 0 Å². The highest BCUT2D eigenvalue weighted by Crippen LogP contribution is 2.34. The molecule has 0 saturated heterocycles. The molecule has 1 unspecified atom stereocenters. The van der Waals surface area contributed by atoms with Gasteiger partial charge in [-0.05, 0) is 35.9 Å². The van der Waals surface area contributed by atoms with Crippen LogP contribution >= 0.6 is 11.6 Å². The van der Waals surface area contributed by atoms with Gasteiger partial charge in [-0.3, -0.25) is 9.36 Å². The lowest BCUT2D eigenvalue weighted by Crippen LogP contribution is -2.40. The van der Waals surface area contributed by atoms with E-state index in [9.17, 15) is 44.3 Å². The summed E-state index contributed by atoms with van der Waals surface area (Å²) in [6, 6.07) is 8.31. The first kappa shape index (κ1) is 31.2. The summed E-state index contributed by atoms with van der Waals surface area (Å²) in [7, 11) is -4.04. The van der Waals surface area contributed by atoms with E-state index in [1.165, 1.54) is 30.3 Å². The van der Waals surface area contributed by atoms with Crippen molar-refractivity contribution in [1.82, 2.24) is 24.4 Å². The highest BCUT2D eigenvalue weighted by atomic mass is 35.5. The number of rotatable bonds is 10. The molecule has 17 heteroatoms. The van der Waals surface area contributed by atoms with Crippen molar-refractivity contribution in [2.75, 3.05) is 12.8 Å². The Bertz CT molecular complexity index is 1520. The van der Waals surface area contributed by atoms with Gasteiger partial charge in [0.1, 0.15) is 6.54 Å². The molecule has 3 aromatic rings. The van der Waals surface area contributed by atoms with E-state index in [0.717, 1.165) is 29.0 Å². The molecule has 3 rings (SSSR count). The van der Waals surface area contributed by atoms with Crippen LogP contribution in [-0.4, -0.2) is 47.6 Å². The Balaban J connectivity index is 1.87. The molecular weight excluding hydrogens is 592 g/mol. The third kappa shape index (κ3) is 8.56. The number of carbonyl (C=O) groups excluding carboxylic acids is 1. The molecule has 9 nitrogen and oxygen atoms in total. The van der Waals surface area contributed by atoms with E-state index in [0.29, 0.717) is 9.70 Å². The smallest absolute Gasteiger partial charge is 0.353 e. The molecule has 2 aromatic carbocycles. The Hall–Kier alpha value is -3.37. The van der Waals surface area contributed by atoms with Crippen LogP contribution in [0.4, 0.5) is 26.3 Å². The van der Waals surface area contributed by atoms with Crippen LogP contribution in [0.2, 0.25) is 5.02 Å². The van der Waals surface area contributed by atoms with Gasteiger partial charge in [0.2, 0.25) is 15.9 Å². The molecule has 0 saturated carbocycles. The average Bonchev–Trinajstić information content (AvgIpc) is 3.14. The van der Waals surface area contributed by atoms with Crippen molar-refractivity contribution in [1.29, 1.82) is 0 Å². The van der Waals surface area contributed by atoms with Crippen LogP contribution in [0, 0.1) is 0 Å². The second-order valence-corrected chi connectivity index (χ2v) is 10.8. The van der Waals surface area contributed by atoms with Gasteiger partial charge in [-0.25, -0.2) is 22.6 Å². The number of carbonyl (C=O) groups is 1. The minimum absolute atomic E-state index is 0.172. The number of nitrogens with zero attached hydrogens (tertiary/aromatic N) is 3. The van der Waals surface area contributed by atoms with Crippen LogP contribution in [0.3, 0.4) is 0 Å². The predicted molar refractivity (Wildman–Crippen MR) is 133 cm³/mol. The van der Waals surface area contributed by atoms with Gasteiger partial charge in [0, 0.05) is 23.7 Å². The summed E-state index contributed by atoms with van der Waals surface area (Å²) in [4.78, 5) is 25.5. The summed E-state index contributed by atoms with van der Waals surface area (Å²) in [6.45, 7) is -2.26. The molecular formula is C23H22ClF6N5O4S. The van der Waals surface area contributed by atoms with E-state index in [1.807, 2.05) is 4.72 Å². The fourth-order valence-corrected chi connectivity index (χ4v) is 4.59. The molecule has 1 atom stereocenters. The van der Waals surface area contributed by atoms with E-state index < -0.39 is 77.2 Å². The molecule has 40 heavy (non-hydrogen) atoms. The Morgan fingerprint density at radius 3 is 2.25 bits per heavy atom. The molecule has 1 heterocycles. The molecule has 0 bridgehead atoms. The predicted octanol–water partition coefficient (Wildman–Crippen LogP) is 3.74. The van der Waals surface area contributed by atoms with Gasteiger partial charge < -0.3 is 5.32 Å². The first-order valence-electron chi connectivity index (χ1n) is 11.3. The Labute approximate surface area is 228 Å². The van der Waals surface area contributed by atoms with Gasteiger partial charge in [0.15, 0.2) is 5.82 Å². The fraction of sp³-hybridized carbons (Fsp3) is 0.348. The number of amides is 1. The Kier molecular flexibility index (Phi) is 9.36. The number of halogens is 7. The second kappa shape index (κ2) is 12.0. The van der Waals surface area contributed by atoms with Crippen molar-refractivity contribution < 1.29 is 39.6 Å². The Morgan fingerprint density at radius 1 is 1.05 bits per heavy atom. The maximum atomic E-state index is 13.5. The fourth-order valence-electron chi connectivity index (χ4n) is 3.74. The van der Waals surface area contributed by atoms with Gasteiger partial charge >= 0.3 is 18.0 Å². The number of hydrogen-bond donors (Lipinski definition) is 2. The van der Waals surface area contributed by atoms with Crippen LogP contribution in [0.1, 0.15) is 23.6 Å². The summed E-state index contributed by atoms with van der Waals surface area (Å²) in [5.41, 5.74) is -2.39. The summed E-state index contributed by atoms with van der Waals surface area (Å²) in [6.07, 6.45) is -10.1. The van der Waals surface area contributed by atoms with Gasteiger partial charge in [-0.15, -0.1) is 5.10 Å². The third-order valence-corrected chi connectivity index (χ3v) is 6.40. The van der Waals surface area contributed by atoms with Gasteiger partial charge in [0.25, 0.3) is 0 Å². The number of benzene rings is 2. The number of hydrogen-bond acceptors (Lipinski definition) is 5. The molecule has 0 aliphatic carbocycles. The summed E-state index contributed by atoms with van der Waals surface area (Å²) in [5, 5.41) is 6.54. The van der Waals surface area contributed by atoms with Crippen molar-refractivity contribution in [3.8, 4) is 11.4 Å². The van der Waals surface area contributed by atoms with Crippen molar-refractivity contribution in [3.63, 3.8) is 0 Å². The third-order valence-electron chi connectivity index (χ3n) is 5.44. The standard InChI is InChI=1S/C23H22ClF6N5O4S/c1-40(38,39)33-18(16-4-2-3-5-17(16)23(28,29)30)12-31-19(36)13-35-21(37)34(11-10-22(25,26)27)20(32-35)14-6-8-15(24)9-7-14/h2-9,18,33H,10-13H2,1H3,(H,31,36). The Morgan fingerprint density at radius 2 is 1.68 bits per heavy atom. The zero-order chi connectivity index (χ0) is 29.9. The summed E-state index contributed by atoms with van der Waals surface area (Å²) in [5.74, 6) is -1.13. The summed E-state index contributed by atoms with van der Waals surface area (Å²) >= 11 is 5.84. The number of aromatic nitrogens is 3. The van der Waals surface area contributed by atoms with Gasteiger partial charge in [0.05, 0.1) is 24.3 Å². The first-order chi connectivity index (χ1) is 18.4. The van der Waals surface area contributed by atoms with Crippen LogP contribution in [0.25, 0.3) is 11.4 Å². The zero-order valence-corrected chi connectivity index (χ0v) is 22.1. The zero-order valence-electron chi connectivity index (χ0n) is 20.6. The van der Waals surface area contributed by atoms with Crippen LogP contribution < -0.4 is 15.7 Å². The normalized spacial score (nSPS) is 13.3. The maximum absolute atomic E-state index is 13.5. The largest absolute Gasteiger partial charge is 0.416 e. The number of nitrogens with one attached hydrogen (secondary N) is 2. The van der Waals surface area contributed by atoms with Crippen molar-refractivity contribution >= 4 is 27.5 Å². The molecule has 1 aromatic heterocycles. The van der Waals surface area contributed by atoms with Crippen LogP contribution in [0.15, 0.2) is 53.3 Å². The van der Waals surface area contributed by atoms with E-state index >= 15 is 0 Å². The minimum atomic E-state index is -4.83. The van der Waals surface area contributed by atoms with E-state index in [1.54, 1.807) is 0 Å². The molecule has 218 valence electrons. The van der Waals surface area contributed by atoms with Crippen LogP contribution in [-0.2, 0) is 34.1 Å². The van der Waals surface area contributed by atoms with E-state index in [-0.39, 0.29) is 11.4 Å². The van der Waals surface area contributed by atoms with Crippen molar-refractivity contribution in [2.45, 2.75) is 37.9 Å². The quantitative estimate of drug-likeness (QED) is 0.338. The highest BCUT2D eigenvalue weighted by Gasteiger charge is 2.36. The molecule has 0 aliphatic heterocycles. The van der Waals surface area contributed by atoms with Gasteiger partial charge in [-0.2, -0.15) is 26.3 Å². The molecule has 2 N–H and O–H groups in total. The molecule has 0 radical (unpaired) electrons. The first-order valence-corrected chi connectivity index (χ1v) is 13.6. The van der Waals surface area contributed by atoms with E-state index in [2.05, 4.69) is 10.4 Å².